The minimum Gasteiger partial charge on any atom is -0.352 e. The summed E-state index contributed by atoms with van der Waals surface area (Å²) in [6.45, 7) is 14.9. The van der Waals surface area contributed by atoms with Crippen molar-refractivity contribution in [3.8, 4) is 0 Å². The third-order valence-corrected chi connectivity index (χ3v) is 5.71. The summed E-state index contributed by atoms with van der Waals surface area (Å²) in [7, 11) is 0. The van der Waals surface area contributed by atoms with Crippen LogP contribution in [0, 0.1) is 18.3 Å². The van der Waals surface area contributed by atoms with Gasteiger partial charge in [-0.05, 0) is 37.2 Å². The molecule has 0 radical (unpaired) electrons. The van der Waals surface area contributed by atoms with Gasteiger partial charge in [0.25, 0.3) is 0 Å². The van der Waals surface area contributed by atoms with E-state index < -0.39 is 0 Å². The number of aryl methyl sites for hydroxylation is 1. The molecule has 0 saturated heterocycles. The van der Waals surface area contributed by atoms with E-state index in [0.29, 0.717) is 18.9 Å². The molecule has 1 N–H and O–H groups in total. The minimum atomic E-state index is -0.0560. The number of Topliss-reactive ketones (excluding diaryl/α,β-unsaturated/α-hetero) is 1. The molecule has 1 amide bonds. The summed E-state index contributed by atoms with van der Waals surface area (Å²) in [6.07, 6.45) is 5.38. The summed E-state index contributed by atoms with van der Waals surface area (Å²) < 4.78 is 4.13. The van der Waals surface area contributed by atoms with Crippen LogP contribution in [0.15, 0.2) is 12.4 Å². The van der Waals surface area contributed by atoms with Gasteiger partial charge in [-0.3, -0.25) is 14.3 Å². The van der Waals surface area contributed by atoms with E-state index in [1.54, 1.807) is 6.20 Å². The molecule has 0 unspecified atom stereocenters. The standard InChI is InChI=1S/C23H34N4O2/c1-7-26-14-17(12-25-26)11-24-21(29)8-18-16(4)27(13-15(2)3)19-9-23(5,6)10-20(28)22(18)19/h12,14-15H,7-11,13H2,1-6H3,(H,24,29). The van der Waals surface area contributed by atoms with Gasteiger partial charge in [0.15, 0.2) is 5.78 Å². The zero-order valence-corrected chi connectivity index (χ0v) is 18.6. The number of ketones is 1. The Morgan fingerprint density at radius 2 is 2.03 bits per heavy atom. The number of nitrogens with zero attached hydrogens (tertiary/aromatic N) is 3. The number of rotatable bonds is 7. The largest absolute Gasteiger partial charge is 0.352 e. The van der Waals surface area contributed by atoms with E-state index in [-0.39, 0.29) is 23.5 Å². The quantitative estimate of drug-likeness (QED) is 0.773. The van der Waals surface area contributed by atoms with Gasteiger partial charge >= 0.3 is 0 Å². The van der Waals surface area contributed by atoms with Crippen LogP contribution in [-0.4, -0.2) is 26.0 Å². The third kappa shape index (κ3) is 4.62. The van der Waals surface area contributed by atoms with Crippen molar-refractivity contribution in [2.75, 3.05) is 0 Å². The average molecular weight is 399 g/mol. The highest BCUT2D eigenvalue weighted by atomic mass is 16.1. The molecule has 0 fully saturated rings. The summed E-state index contributed by atoms with van der Waals surface area (Å²) in [5.41, 5.74) is 4.82. The van der Waals surface area contributed by atoms with Gasteiger partial charge < -0.3 is 9.88 Å². The van der Waals surface area contributed by atoms with Crippen LogP contribution in [0.2, 0.25) is 0 Å². The Labute approximate surface area is 173 Å². The molecule has 29 heavy (non-hydrogen) atoms. The van der Waals surface area contributed by atoms with E-state index in [2.05, 4.69) is 49.6 Å². The summed E-state index contributed by atoms with van der Waals surface area (Å²) in [6, 6.07) is 0. The molecule has 1 aliphatic carbocycles. The van der Waals surface area contributed by atoms with E-state index in [9.17, 15) is 9.59 Å². The zero-order chi connectivity index (χ0) is 21.3. The van der Waals surface area contributed by atoms with Crippen LogP contribution in [0.3, 0.4) is 0 Å². The number of hydrogen-bond donors (Lipinski definition) is 1. The Morgan fingerprint density at radius 1 is 1.31 bits per heavy atom. The second-order valence-electron chi connectivity index (χ2n) is 9.49. The molecule has 1 aliphatic rings. The van der Waals surface area contributed by atoms with Crippen LogP contribution in [0.25, 0.3) is 0 Å². The number of amides is 1. The SMILES string of the molecule is CCn1cc(CNC(=O)Cc2c3c(n(CC(C)C)c2C)CC(C)(C)CC3=O)cn1. The first kappa shape index (κ1) is 21.3. The highest BCUT2D eigenvalue weighted by Crippen LogP contribution is 2.39. The van der Waals surface area contributed by atoms with Crippen molar-refractivity contribution in [3.63, 3.8) is 0 Å². The van der Waals surface area contributed by atoms with Gasteiger partial charge in [0.2, 0.25) is 5.91 Å². The number of carbonyl (C=O) groups excluding carboxylic acids is 2. The fourth-order valence-electron chi connectivity index (χ4n) is 4.33. The van der Waals surface area contributed by atoms with Crippen molar-refractivity contribution in [2.24, 2.45) is 11.3 Å². The molecule has 6 heteroatoms. The normalized spacial score (nSPS) is 15.6. The fraction of sp³-hybridized carbons (Fsp3) is 0.609. The summed E-state index contributed by atoms with van der Waals surface area (Å²) in [4.78, 5) is 25.7. The Kier molecular flexibility index (Phi) is 6.01. The molecule has 158 valence electrons. The first-order valence-corrected chi connectivity index (χ1v) is 10.6. The predicted molar refractivity (Wildman–Crippen MR) is 114 cm³/mol. The first-order valence-electron chi connectivity index (χ1n) is 10.6. The van der Waals surface area contributed by atoms with E-state index in [1.165, 1.54) is 0 Å². The van der Waals surface area contributed by atoms with Crippen molar-refractivity contribution >= 4 is 11.7 Å². The molecule has 2 aromatic heterocycles. The van der Waals surface area contributed by atoms with Crippen LogP contribution < -0.4 is 5.32 Å². The number of nitrogens with one attached hydrogen (secondary N) is 1. The van der Waals surface area contributed by atoms with Crippen LogP contribution in [-0.2, 0) is 37.3 Å². The zero-order valence-electron chi connectivity index (χ0n) is 18.6. The molecule has 2 heterocycles. The fourth-order valence-corrected chi connectivity index (χ4v) is 4.33. The maximum atomic E-state index is 13.0. The van der Waals surface area contributed by atoms with Gasteiger partial charge in [-0.1, -0.05) is 27.7 Å². The van der Waals surface area contributed by atoms with Crippen molar-refractivity contribution < 1.29 is 9.59 Å². The van der Waals surface area contributed by atoms with Crippen LogP contribution in [0.1, 0.15) is 73.9 Å². The average Bonchev–Trinajstić information content (AvgIpc) is 3.17. The minimum absolute atomic E-state index is 0.0391. The van der Waals surface area contributed by atoms with Gasteiger partial charge in [-0.2, -0.15) is 5.10 Å². The molecular formula is C23H34N4O2. The lowest BCUT2D eigenvalue weighted by atomic mass is 9.75. The summed E-state index contributed by atoms with van der Waals surface area (Å²) in [5.74, 6) is 0.593. The molecule has 3 rings (SSSR count). The smallest absolute Gasteiger partial charge is 0.224 e. The maximum Gasteiger partial charge on any atom is 0.224 e. The van der Waals surface area contributed by atoms with E-state index in [4.69, 9.17) is 0 Å². The molecule has 0 atom stereocenters. The van der Waals surface area contributed by atoms with Gasteiger partial charge in [0.1, 0.15) is 0 Å². The van der Waals surface area contributed by atoms with Crippen molar-refractivity contribution in [1.29, 1.82) is 0 Å². The molecule has 2 aromatic rings. The second kappa shape index (κ2) is 8.17. The van der Waals surface area contributed by atoms with E-state index >= 15 is 0 Å². The molecule has 0 spiro atoms. The van der Waals surface area contributed by atoms with Crippen LogP contribution in [0.5, 0.6) is 0 Å². The Morgan fingerprint density at radius 3 is 2.66 bits per heavy atom. The van der Waals surface area contributed by atoms with Crippen molar-refractivity contribution in [1.82, 2.24) is 19.7 Å². The summed E-state index contributed by atoms with van der Waals surface area (Å²) in [5, 5.41) is 7.23. The topological polar surface area (TPSA) is 68.9 Å². The molecule has 6 nitrogen and oxygen atoms in total. The third-order valence-electron chi connectivity index (χ3n) is 5.71. The summed E-state index contributed by atoms with van der Waals surface area (Å²) >= 11 is 0. The monoisotopic (exact) mass is 398 g/mol. The van der Waals surface area contributed by atoms with E-state index in [0.717, 1.165) is 47.6 Å². The van der Waals surface area contributed by atoms with Crippen LogP contribution in [0.4, 0.5) is 0 Å². The molecule has 0 aliphatic heterocycles. The first-order chi connectivity index (χ1) is 13.6. The van der Waals surface area contributed by atoms with Crippen molar-refractivity contribution in [3.05, 3.63) is 40.5 Å². The molecule has 0 aromatic carbocycles. The van der Waals surface area contributed by atoms with E-state index in [1.807, 2.05) is 17.8 Å². The predicted octanol–water partition coefficient (Wildman–Crippen LogP) is 3.68. The molecule has 0 bridgehead atoms. The number of carbonyl (C=O) groups is 2. The number of aromatic nitrogens is 3. The lowest BCUT2D eigenvalue weighted by Gasteiger charge is -2.30. The lowest BCUT2D eigenvalue weighted by molar-refractivity contribution is -0.120. The van der Waals surface area contributed by atoms with Gasteiger partial charge in [-0.15, -0.1) is 0 Å². The molecular weight excluding hydrogens is 364 g/mol. The Hall–Kier alpha value is -2.37. The molecule has 0 saturated carbocycles. The highest BCUT2D eigenvalue weighted by Gasteiger charge is 2.37. The highest BCUT2D eigenvalue weighted by molar-refractivity contribution is 6.01. The van der Waals surface area contributed by atoms with Gasteiger partial charge in [0, 0.05) is 54.8 Å². The number of fused-ring (bicyclic) bond motifs is 1. The Bertz CT molecular complexity index is 918. The van der Waals surface area contributed by atoms with Crippen LogP contribution >= 0.6 is 0 Å². The van der Waals surface area contributed by atoms with Crippen molar-refractivity contribution in [2.45, 2.75) is 80.4 Å². The lowest BCUT2D eigenvalue weighted by Crippen LogP contribution is -2.29. The number of hydrogen-bond acceptors (Lipinski definition) is 3. The maximum absolute atomic E-state index is 13.0. The Balaban J connectivity index is 1.84. The van der Waals surface area contributed by atoms with Gasteiger partial charge in [-0.25, -0.2) is 0 Å². The second-order valence-corrected chi connectivity index (χ2v) is 9.49. The van der Waals surface area contributed by atoms with Gasteiger partial charge in [0.05, 0.1) is 12.6 Å².